The molecule has 1 heteroatoms. The summed E-state index contributed by atoms with van der Waals surface area (Å²) in [5.74, 6) is 0. The monoisotopic (exact) mass is 608 g/mol. The fraction of sp³-hybridized carbons (Fsp3) is 0.364. The van der Waals surface area contributed by atoms with E-state index in [-0.39, 0.29) is 10.8 Å². The quantitative estimate of drug-likeness (QED) is 0.191. The molecule has 4 aromatic rings. The third-order valence-corrected chi connectivity index (χ3v) is 17.2. The minimum absolute atomic E-state index is 0.159. The second-order valence-corrected chi connectivity index (χ2v) is 21.6. The van der Waals surface area contributed by atoms with Crippen LogP contribution in [0.25, 0.3) is 34.4 Å². The van der Waals surface area contributed by atoms with Gasteiger partial charge in [0.15, 0.2) is 0 Å². The van der Waals surface area contributed by atoms with E-state index in [1.807, 2.05) is 0 Å². The number of hydrogen-bond acceptors (Lipinski definition) is 0. The summed E-state index contributed by atoms with van der Waals surface area (Å²) >= 11 is 0. The molecule has 0 saturated heterocycles. The van der Waals surface area contributed by atoms with Crippen molar-refractivity contribution in [2.45, 2.75) is 104 Å². The molecule has 0 amide bonds. The zero-order valence-electron chi connectivity index (χ0n) is 29.3. The van der Waals surface area contributed by atoms with E-state index in [4.69, 9.17) is 0 Å². The summed E-state index contributed by atoms with van der Waals surface area (Å²) < 4.78 is 0. The molecule has 0 heterocycles. The maximum atomic E-state index is 2.64. The van der Waals surface area contributed by atoms with Gasteiger partial charge in [-0.1, -0.05) is 177 Å². The first kappa shape index (κ1) is 31.6. The van der Waals surface area contributed by atoms with E-state index < -0.39 is 8.07 Å². The molecule has 0 aliphatic heterocycles. The topological polar surface area (TPSA) is 0 Å². The predicted octanol–water partition coefficient (Wildman–Crippen LogP) is 12.5. The molecule has 0 fully saturated rings. The Labute approximate surface area is 274 Å². The maximum Gasteiger partial charge on any atom is 0.114 e. The lowest BCUT2D eigenvalue weighted by Crippen LogP contribution is -2.46. The van der Waals surface area contributed by atoms with Crippen molar-refractivity contribution in [2.75, 3.05) is 0 Å². The molecule has 4 aromatic carbocycles. The van der Waals surface area contributed by atoms with Gasteiger partial charge in [0, 0.05) is 0 Å². The first-order valence-electron chi connectivity index (χ1n) is 17.1. The zero-order valence-corrected chi connectivity index (χ0v) is 30.3. The van der Waals surface area contributed by atoms with Crippen molar-refractivity contribution in [1.82, 2.24) is 0 Å². The molecule has 0 N–H and O–H groups in total. The molecule has 0 saturated carbocycles. The van der Waals surface area contributed by atoms with Gasteiger partial charge in [-0.3, -0.25) is 0 Å². The standard InChI is InChI=1S/C44H52Si/c1-29(2)45(30(3)4,37-25-33-13-11-15-39(41(33)27-37)31-17-21-35(22-18-31)43(5,6)7)38-26-34-14-12-16-40(42(34)28-38)32-19-23-36(24-20-32)44(8,9)10/h11-24,27-30H,25-26H2,1-10H3. The Hall–Kier alpha value is -3.42. The first-order chi connectivity index (χ1) is 21.2. The summed E-state index contributed by atoms with van der Waals surface area (Å²) in [5.41, 5.74) is 15.6. The van der Waals surface area contributed by atoms with Crippen LogP contribution in [0, 0.1) is 0 Å². The second kappa shape index (κ2) is 11.4. The van der Waals surface area contributed by atoms with Gasteiger partial charge in [0.1, 0.15) is 8.07 Å². The van der Waals surface area contributed by atoms with Crippen molar-refractivity contribution in [3.63, 3.8) is 0 Å². The van der Waals surface area contributed by atoms with Crippen LogP contribution in [0.4, 0.5) is 0 Å². The van der Waals surface area contributed by atoms with Crippen molar-refractivity contribution in [1.29, 1.82) is 0 Å². The van der Waals surface area contributed by atoms with Crippen LogP contribution in [0.5, 0.6) is 0 Å². The van der Waals surface area contributed by atoms with Crippen LogP contribution in [0.3, 0.4) is 0 Å². The van der Waals surface area contributed by atoms with Crippen molar-refractivity contribution in [2.24, 2.45) is 0 Å². The van der Waals surface area contributed by atoms with Crippen LogP contribution in [-0.4, -0.2) is 8.07 Å². The summed E-state index contributed by atoms with van der Waals surface area (Å²) in [7, 11) is -2.07. The van der Waals surface area contributed by atoms with Crippen LogP contribution >= 0.6 is 0 Å². The smallest absolute Gasteiger partial charge is 0.0704 e. The lowest BCUT2D eigenvalue weighted by atomic mass is 9.86. The number of hydrogen-bond donors (Lipinski definition) is 0. The Kier molecular flexibility index (Phi) is 8.01. The van der Waals surface area contributed by atoms with E-state index in [1.165, 1.54) is 55.6 Å². The summed E-state index contributed by atoms with van der Waals surface area (Å²) in [6, 6.07) is 32.6. The van der Waals surface area contributed by atoms with Gasteiger partial charge in [-0.25, -0.2) is 0 Å². The second-order valence-electron chi connectivity index (χ2n) is 16.3. The molecule has 232 valence electrons. The van der Waals surface area contributed by atoms with Crippen LogP contribution in [-0.2, 0) is 23.7 Å². The fourth-order valence-corrected chi connectivity index (χ4v) is 14.9. The van der Waals surface area contributed by atoms with E-state index in [1.54, 1.807) is 10.4 Å². The third kappa shape index (κ3) is 5.52. The zero-order chi connectivity index (χ0) is 32.3. The van der Waals surface area contributed by atoms with E-state index in [0.29, 0.717) is 11.1 Å². The van der Waals surface area contributed by atoms with Gasteiger partial charge < -0.3 is 0 Å². The van der Waals surface area contributed by atoms with E-state index in [9.17, 15) is 0 Å². The molecule has 0 atom stereocenters. The van der Waals surface area contributed by atoms with Gasteiger partial charge >= 0.3 is 0 Å². The first-order valence-corrected chi connectivity index (χ1v) is 19.2. The fourth-order valence-electron chi connectivity index (χ4n) is 8.43. The predicted molar refractivity (Wildman–Crippen MR) is 200 cm³/mol. The van der Waals surface area contributed by atoms with Gasteiger partial charge in [-0.2, -0.15) is 0 Å². The lowest BCUT2D eigenvalue weighted by Gasteiger charge is -2.42. The molecular formula is C44H52Si. The average molecular weight is 609 g/mol. The van der Waals surface area contributed by atoms with Gasteiger partial charge in [0.25, 0.3) is 0 Å². The normalized spacial score (nSPS) is 14.9. The van der Waals surface area contributed by atoms with E-state index in [2.05, 4.69) is 166 Å². The summed E-state index contributed by atoms with van der Waals surface area (Å²) in [5, 5.41) is 3.44. The number of rotatable bonds is 6. The van der Waals surface area contributed by atoms with Gasteiger partial charge in [-0.05, 0) is 90.4 Å². The molecule has 6 rings (SSSR count). The molecule has 0 radical (unpaired) electrons. The van der Waals surface area contributed by atoms with Crippen molar-refractivity contribution in [3.05, 3.63) is 129 Å². The maximum absolute atomic E-state index is 2.64. The van der Waals surface area contributed by atoms with Crippen molar-refractivity contribution < 1.29 is 0 Å². The Morgan fingerprint density at radius 3 is 1.16 bits per heavy atom. The third-order valence-electron chi connectivity index (χ3n) is 10.8. The molecule has 0 nitrogen and oxygen atoms in total. The number of benzene rings is 4. The molecule has 0 unspecified atom stereocenters. The Morgan fingerprint density at radius 2 is 0.844 bits per heavy atom. The highest BCUT2D eigenvalue weighted by atomic mass is 28.3. The molecule has 2 aliphatic carbocycles. The minimum Gasteiger partial charge on any atom is -0.0704 e. The average Bonchev–Trinajstić information content (AvgIpc) is 3.61. The molecule has 2 aliphatic rings. The highest BCUT2D eigenvalue weighted by Crippen LogP contribution is 2.52. The van der Waals surface area contributed by atoms with Gasteiger partial charge in [0.2, 0.25) is 0 Å². The van der Waals surface area contributed by atoms with Gasteiger partial charge in [0.05, 0.1) is 0 Å². The summed E-state index contributed by atoms with van der Waals surface area (Å²) in [6.07, 6.45) is 7.45. The molecular weight excluding hydrogens is 557 g/mol. The van der Waals surface area contributed by atoms with Crippen LogP contribution in [0.2, 0.25) is 11.1 Å². The van der Waals surface area contributed by atoms with E-state index >= 15 is 0 Å². The van der Waals surface area contributed by atoms with Crippen LogP contribution in [0.15, 0.2) is 95.3 Å². The highest BCUT2D eigenvalue weighted by molar-refractivity contribution is 6.96. The van der Waals surface area contributed by atoms with Crippen molar-refractivity contribution >= 4 is 20.2 Å². The Morgan fingerprint density at radius 1 is 0.489 bits per heavy atom. The number of fused-ring (bicyclic) bond motifs is 2. The minimum atomic E-state index is -2.07. The Balaban J connectivity index is 1.43. The summed E-state index contributed by atoms with van der Waals surface area (Å²) in [6.45, 7) is 23.8. The Bertz CT molecular complexity index is 1640. The van der Waals surface area contributed by atoms with Crippen molar-refractivity contribution in [3.8, 4) is 22.3 Å². The molecule has 0 aromatic heterocycles. The molecule has 0 spiro atoms. The van der Waals surface area contributed by atoms with Crippen LogP contribution < -0.4 is 0 Å². The lowest BCUT2D eigenvalue weighted by molar-refractivity contribution is 0.590. The largest absolute Gasteiger partial charge is 0.114 e. The summed E-state index contributed by atoms with van der Waals surface area (Å²) in [4.78, 5) is 0. The van der Waals surface area contributed by atoms with Gasteiger partial charge in [-0.15, -0.1) is 0 Å². The number of allylic oxidation sites excluding steroid dienone is 2. The SMILES string of the molecule is CC(C)[Si](C1=Cc2c(cccc2-c2ccc(C(C)(C)C)cc2)C1)(C1=Cc2c(cccc2-c2ccc(C(C)(C)C)cc2)C1)C(C)C. The molecule has 0 bridgehead atoms. The van der Waals surface area contributed by atoms with Crippen LogP contribution in [0.1, 0.15) is 103 Å². The molecule has 45 heavy (non-hydrogen) atoms. The van der Waals surface area contributed by atoms with E-state index in [0.717, 1.165) is 12.8 Å². The highest BCUT2D eigenvalue weighted by Gasteiger charge is 2.48.